The lowest BCUT2D eigenvalue weighted by Crippen LogP contribution is -1.98. The van der Waals surface area contributed by atoms with Crippen LogP contribution in [-0.2, 0) is 7.05 Å². The van der Waals surface area contributed by atoms with Gasteiger partial charge in [0.15, 0.2) is 5.82 Å². The van der Waals surface area contributed by atoms with Gasteiger partial charge in [-0.3, -0.25) is 4.68 Å². The Bertz CT molecular complexity index is 553. The fourth-order valence-corrected chi connectivity index (χ4v) is 2.24. The molecule has 0 N–H and O–H groups in total. The molecule has 1 aromatic carbocycles. The van der Waals surface area contributed by atoms with E-state index in [-0.39, 0.29) is 11.7 Å². The zero-order valence-corrected chi connectivity index (χ0v) is 11.1. The lowest BCUT2D eigenvalue weighted by Gasteiger charge is -2.08. The van der Waals surface area contributed by atoms with Gasteiger partial charge in [-0.1, -0.05) is 39.8 Å². The number of hydrogen-bond acceptors (Lipinski definition) is 1. The van der Waals surface area contributed by atoms with Crippen LogP contribution < -0.4 is 0 Å². The van der Waals surface area contributed by atoms with E-state index in [1.807, 2.05) is 26.0 Å². The average Bonchev–Trinajstić information content (AvgIpc) is 2.56. The molecular weight excluding hydrogens is 215 g/mol. The van der Waals surface area contributed by atoms with Crippen LogP contribution in [0.15, 0.2) is 12.1 Å². The van der Waals surface area contributed by atoms with E-state index in [2.05, 4.69) is 18.9 Å². The van der Waals surface area contributed by atoms with Crippen LogP contribution in [-0.4, -0.2) is 9.78 Å². The van der Waals surface area contributed by atoms with E-state index in [1.165, 1.54) is 0 Å². The largest absolute Gasteiger partial charge is 0.265 e. The van der Waals surface area contributed by atoms with Crippen LogP contribution in [0.1, 0.15) is 50.8 Å². The highest BCUT2D eigenvalue weighted by Gasteiger charge is 2.18. The van der Waals surface area contributed by atoms with Gasteiger partial charge in [0.25, 0.3) is 0 Å². The lowest BCUT2D eigenvalue weighted by atomic mass is 9.99. The van der Waals surface area contributed by atoms with Gasteiger partial charge in [-0.15, -0.1) is 0 Å². The summed E-state index contributed by atoms with van der Waals surface area (Å²) in [6, 6.07) is 3.88. The molecule has 17 heavy (non-hydrogen) atoms. The van der Waals surface area contributed by atoms with Gasteiger partial charge < -0.3 is 0 Å². The molecular formula is C14H19FN2. The third-order valence-electron chi connectivity index (χ3n) is 3.17. The van der Waals surface area contributed by atoms with Crippen LogP contribution in [0.5, 0.6) is 0 Å². The minimum atomic E-state index is -0.126. The van der Waals surface area contributed by atoms with Gasteiger partial charge in [0.1, 0.15) is 5.52 Å². The van der Waals surface area contributed by atoms with Crippen LogP contribution >= 0.6 is 0 Å². The summed E-state index contributed by atoms with van der Waals surface area (Å²) in [5.74, 6) is 0.374. The van der Waals surface area contributed by atoms with E-state index in [0.29, 0.717) is 11.4 Å². The van der Waals surface area contributed by atoms with Gasteiger partial charge in [-0.05, 0) is 17.4 Å². The first kappa shape index (κ1) is 12.1. The molecule has 0 amide bonds. The van der Waals surface area contributed by atoms with Gasteiger partial charge >= 0.3 is 0 Å². The van der Waals surface area contributed by atoms with Crippen LogP contribution in [0, 0.1) is 5.82 Å². The number of aromatic nitrogens is 2. The summed E-state index contributed by atoms with van der Waals surface area (Å²) in [6.07, 6.45) is 0. The molecule has 2 rings (SSSR count). The fourth-order valence-electron chi connectivity index (χ4n) is 2.24. The van der Waals surface area contributed by atoms with Gasteiger partial charge in [-0.2, -0.15) is 5.10 Å². The third kappa shape index (κ3) is 1.84. The Morgan fingerprint density at radius 3 is 2.29 bits per heavy atom. The Morgan fingerprint density at radius 1 is 1.12 bits per heavy atom. The molecule has 0 bridgehead atoms. The van der Waals surface area contributed by atoms with Crippen molar-refractivity contribution in [3.8, 4) is 0 Å². The van der Waals surface area contributed by atoms with Crippen molar-refractivity contribution < 1.29 is 4.39 Å². The maximum Gasteiger partial charge on any atom is 0.152 e. The summed E-state index contributed by atoms with van der Waals surface area (Å²) in [5, 5.41) is 5.36. The second-order valence-corrected chi connectivity index (χ2v) is 5.18. The molecule has 0 radical (unpaired) electrons. The molecule has 0 spiro atoms. The molecule has 0 saturated heterocycles. The van der Waals surface area contributed by atoms with E-state index >= 15 is 0 Å². The maximum absolute atomic E-state index is 14.4. The quantitative estimate of drug-likeness (QED) is 0.769. The molecule has 1 aromatic heterocycles. The first-order valence-electron chi connectivity index (χ1n) is 6.08. The van der Waals surface area contributed by atoms with Gasteiger partial charge in [0.05, 0.1) is 5.69 Å². The van der Waals surface area contributed by atoms with Crippen LogP contribution in [0.4, 0.5) is 4.39 Å². The highest BCUT2D eigenvalue weighted by Crippen LogP contribution is 2.30. The first-order valence-corrected chi connectivity index (χ1v) is 6.08. The third-order valence-corrected chi connectivity index (χ3v) is 3.17. The minimum absolute atomic E-state index is 0.126. The summed E-state index contributed by atoms with van der Waals surface area (Å²) in [5.41, 5.74) is 2.35. The molecule has 0 saturated carbocycles. The van der Waals surface area contributed by atoms with E-state index in [9.17, 15) is 4.39 Å². The summed E-state index contributed by atoms with van der Waals surface area (Å²) in [6.45, 7) is 8.17. The molecule has 1 heterocycles. The minimum Gasteiger partial charge on any atom is -0.265 e. The zero-order valence-electron chi connectivity index (χ0n) is 11.1. The smallest absolute Gasteiger partial charge is 0.152 e. The number of benzene rings is 1. The molecule has 0 unspecified atom stereocenters. The average molecular weight is 234 g/mol. The first-order chi connectivity index (χ1) is 7.93. The monoisotopic (exact) mass is 234 g/mol. The van der Waals surface area contributed by atoms with Crippen molar-refractivity contribution in [1.82, 2.24) is 9.78 Å². The molecule has 0 aliphatic heterocycles. The van der Waals surface area contributed by atoms with E-state index in [1.54, 1.807) is 11.7 Å². The normalized spacial score (nSPS) is 12.0. The summed E-state index contributed by atoms with van der Waals surface area (Å²) >= 11 is 0. The van der Waals surface area contributed by atoms with Crippen molar-refractivity contribution in [3.63, 3.8) is 0 Å². The van der Waals surface area contributed by atoms with Crippen LogP contribution in [0.3, 0.4) is 0 Å². The Labute approximate surface area is 101 Å². The highest BCUT2D eigenvalue weighted by atomic mass is 19.1. The van der Waals surface area contributed by atoms with Gasteiger partial charge in [0.2, 0.25) is 0 Å². The van der Waals surface area contributed by atoms with Crippen LogP contribution in [0.2, 0.25) is 0 Å². The predicted molar refractivity (Wildman–Crippen MR) is 68.9 cm³/mol. The zero-order chi connectivity index (χ0) is 12.7. The van der Waals surface area contributed by atoms with Gasteiger partial charge in [0, 0.05) is 12.4 Å². The molecule has 2 nitrogen and oxygen atoms in total. The molecule has 0 aliphatic rings. The highest BCUT2D eigenvalue weighted by molar-refractivity contribution is 5.84. The Morgan fingerprint density at radius 2 is 1.76 bits per heavy atom. The second-order valence-electron chi connectivity index (χ2n) is 5.18. The standard InChI is InChI=1S/C14H19FN2/c1-8(2)10-6-7-11-13(9(3)4)16-17(5)14(11)12(10)15/h6-9H,1-5H3. The van der Waals surface area contributed by atoms with E-state index in [4.69, 9.17) is 0 Å². The molecule has 0 atom stereocenters. The van der Waals surface area contributed by atoms with Crippen molar-refractivity contribution >= 4 is 10.9 Å². The predicted octanol–water partition coefficient (Wildman–Crippen LogP) is 3.96. The van der Waals surface area contributed by atoms with E-state index in [0.717, 1.165) is 16.6 Å². The number of fused-ring (bicyclic) bond motifs is 1. The maximum atomic E-state index is 14.4. The molecule has 0 aliphatic carbocycles. The van der Waals surface area contributed by atoms with Crippen molar-refractivity contribution in [3.05, 3.63) is 29.2 Å². The second kappa shape index (κ2) is 4.13. The number of nitrogens with zero attached hydrogens (tertiary/aromatic N) is 2. The number of rotatable bonds is 2. The molecule has 0 fully saturated rings. The van der Waals surface area contributed by atoms with Crippen LogP contribution in [0.25, 0.3) is 10.9 Å². The SMILES string of the molecule is CC(C)c1ccc2c(C(C)C)nn(C)c2c1F. The number of aryl methyl sites for hydroxylation is 1. The van der Waals surface area contributed by atoms with Crippen molar-refractivity contribution in [2.24, 2.45) is 7.05 Å². The molecule has 3 heteroatoms. The van der Waals surface area contributed by atoms with Crippen molar-refractivity contribution in [2.75, 3.05) is 0 Å². The number of hydrogen-bond donors (Lipinski definition) is 0. The van der Waals surface area contributed by atoms with Crippen molar-refractivity contribution in [1.29, 1.82) is 0 Å². The van der Waals surface area contributed by atoms with Gasteiger partial charge in [-0.25, -0.2) is 4.39 Å². The molecule has 92 valence electrons. The van der Waals surface area contributed by atoms with E-state index < -0.39 is 0 Å². The summed E-state index contributed by atoms with van der Waals surface area (Å²) in [4.78, 5) is 0. The fraction of sp³-hybridized carbons (Fsp3) is 0.500. The summed E-state index contributed by atoms with van der Waals surface area (Å²) < 4.78 is 16.1. The van der Waals surface area contributed by atoms with Crippen molar-refractivity contribution in [2.45, 2.75) is 39.5 Å². The Balaban J connectivity index is 2.79. The Hall–Kier alpha value is -1.38. The number of halogens is 1. The Kier molecular flexibility index (Phi) is 2.94. The lowest BCUT2D eigenvalue weighted by molar-refractivity contribution is 0.597. The summed E-state index contributed by atoms with van der Waals surface area (Å²) in [7, 11) is 1.81. The molecule has 2 aromatic rings. The topological polar surface area (TPSA) is 17.8 Å².